The predicted molar refractivity (Wildman–Crippen MR) is 79.1 cm³/mol. The van der Waals surface area contributed by atoms with Crippen LogP contribution in [0.2, 0.25) is 0 Å². The third kappa shape index (κ3) is 3.51. The molecule has 1 N–H and O–H groups in total. The van der Waals surface area contributed by atoms with Crippen molar-refractivity contribution in [2.24, 2.45) is 0 Å². The van der Waals surface area contributed by atoms with E-state index in [-0.39, 0.29) is 12.3 Å². The maximum atomic E-state index is 13.2. The van der Waals surface area contributed by atoms with Gasteiger partial charge >= 0.3 is 0 Å². The first-order valence-electron chi connectivity index (χ1n) is 6.92. The molecule has 0 aliphatic rings. The molecule has 6 nitrogen and oxygen atoms in total. The molecule has 0 bridgehead atoms. The fourth-order valence-corrected chi connectivity index (χ4v) is 2.11. The maximum absolute atomic E-state index is 13.2. The summed E-state index contributed by atoms with van der Waals surface area (Å²) in [6.07, 6.45) is 0.746. The molecule has 7 heteroatoms. The van der Waals surface area contributed by atoms with Crippen molar-refractivity contribution in [2.75, 3.05) is 7.11 Å². The van der Waals surface area contributed by atoms with Gasteiger partial charge in [0.1, 0.15) is 5.82 Å². The Morgan fingerprint density at radius 1 is 1.30 bits per heavy atom. The van der Waals surface area contributed by atoms with Crippen LogP contribution < -0.4 is 4.74 Å². The molecule has 0 radical (unpaired) electrons. The van der Waals surface area contributed by atoms with Crippen LogP contribution in [0.15, 0.2) is 47.1 Å². The number of methoxy groups -OCH3 is 1. The molecule has 0 amide bonds. The van der Waals surface area contributed by atoms with E-state index in [0.29, 0.717) is 22.8 Å². The second kappa shape index (κ2) is 6.53. The molecule has 0 aliphatic carbocycles. The first-order valence-corrected chi connectivity index (χ1v) is 6.92. The van der Waals surface area contributed by atoms with Crippen LogP contribution in [0.4, 0.5) is 4.39 Å². The summed E-state index contributed by atoms with van der Waals surface area (Å²) in [5.41, 5.74) is 1.14. The molecule has 118 valence electrons. The van der Waals surface area contributed by atoms with Crippen LogP contribution in [-0.4, -0.2) is 27.3 Å². The lowest BCUT2D eigenvalue weighted by Crippen LogP contribution is -2.02. The molecule has 0 spiro atoms. The normalized spacial score (nSPS) is 12.1. The topological polar surface area (TPSA) is 81.3 Å². The fourth-order valence-electron chi connectivity index (χ4n) is 2.11. The van der Waals surface area contributed by atoms with Gasteiger partial charge in [-0.15, -0.1) is 0 Å². The van der Waals surface area contributed by atoms with E-state index in [1.807, 2.05) is 0 Å². The summed E-state index contributed by atoms with van der Waals surface area (Å²) < 4.78 is 23.4. The number of ether oxygens (including phenoxy) is 1. The van der Waals surface area contributed by atoms with Crippen LogP contribution in [0.5, 0.6) is 5.88 Å². The van der Waals surface area contributed by atoms with Gasteiger partial charge in [0.25, 0.3) is 0 Å². The highest BCUT2D eigenvalue weighted by Gasteiger charge is 2.15. The van der Waals surface area contributed by atoms with Crippen molar-refractivity contribution in [2.45, 2.75) is 12.5 Å². The number of benzene rings is 1. The minimum absolute atomic E-state index is 0.0959. The highest BCUT2D eigenvalue weighted by Crippen LogP contribution is 2.22. The number of pyridine rings is 1. The lowest BCUT2D eigenvalue weighted by Gasteiger charge is -2.07. The SMILES string of the molecule is COc1cc(-c2noc(C[C@H](O)c3cccc(F)c3)n2)ccn1. The summed E-state index contributed by atoms with van der Waals surface area (Å²) in [6, 6.07) is 9.17. The fraction of sp³-hybridized carbons (Fsp3) is 0.188. The Hall–Kier alpha value is -2.80. The van der Waals surface area contributed by atoms with Crippen LogP contribution in [0.1, 0.15) is 17.6 Å². The maximum Gasteiger partial charge on any atom is 0.229 e. The first kappa shape index (κ1) is 15.1. The zero-order chi connectivity index (χ0) is 16.2. The van der Waals surface area contributed by atoms with Gasteiger partial charge in [-0.3, -0.25) is 0 Å². The molecule has 0 saturated heterocycles. The molecule has 0 unspecified atom stereocenters. The summed E-state index contributed by atoms with van der Waals surface area (Å²) in [6.45, 7) is 0. The molecule has 1 aromatic carbocycles. The third-order valence-corrected chi connectivity index (χ3v) is 3.27. The number of aromatic nitrogens is 3. The van der Waals surface area contributed by atoms with E-state index < -0.39 is 11.9 Å². The van der Waals surface area contributed by atoms with Gasteiger partial charge in [0, 0.05) is 17.8 Å². The van der Waals surface area contributed by atoms with Gasteiger partial charge in [-0.1, -0.05) is 17.3 Å². The average molecular weight is 315 g/mol. The van der Waals surface area contributed by atoms with Crippen LogP contribution in [-0.2, 0) is 6.42 Å². The Bertz CT molecular complexity index is 807. The molecule has 2 aromatic heterocycles. The highest BCUT2D eigenvalue weighted by molar-refractivity contribution is 5.55. The van der Waals surface area contributed by atoms with Crippen molar-refractivity contribution in [1.82, 2.24) is 15.1 Å². The first-order chi connectivity index (χ1) is 11.2. The van der Waals surface area contributed by atoms with Crippen molar-refractivity contribution in [1.29, 1.82) is 0 Å². The molecular formula is C16H14FN3O3. The Kier molecular flexibility index (Phi) is 4.29. The van der Waals surface area contributed by atoms with Gasteiger partial charge in [0.05, 0.1) is 19.6 Å². The summed E-state index contributed by atoms with van der Waals surface area (Å²) in [5, 5.41) is 14.0. The Morgan fingerprint density at radius 2 is 2.17 bits per heavy atom. The monoisotopic (exact) mass is 315 g/mol. The second-order valence-electron chi connectivity index (χ2n) is 4.87. The van der Waals surface area contributed by atoms with Gasteiger partial charge in [-0.2, -0.15) is 4.98 Å². The molecule has 23 heavy (non-hydrogen) atoms. The number of hydrogen-bond donors (Lipinski definition) is 1. The van der Waals surface area contributed by atoms with E-state index in [0.717, 1.165) is 0 Å². The summed E-state index contributed by atoms with van der Waals surface area (Å²) in [7, 11) is 1.52. The van der Waals surface area contributed by atoms with E-state index in [1.165, 1.54) is 25.3 Å². The number of aliphatic hydroxyl groups is 1. The molecule has 0 aliphatic heterocycles. The number of hydrogen-bond acceptors (Lipinski definition) is 6. The second-order valence-corrected chi connectivity index (χ2v) is 4.87. The number of rotatable bonds is 5. The molecule has 0 fully saturated rings. The standard InChI is InChI=1S/C16H14FN3O3/c1-22-14-8-11(5-6-18-14)16-19-15(23-20-16)9-13(21)10-3-2-4-12(17)7-10/h2-8,13,21H,9H2,1H3/t13-/m0/s1. The minimum atomic E-state index is -0.925. The van der Waals surface area contributed by atoms with E-state index in [9.17, 15) is 9.50 Å². The van der Waals surface area contributed by atoms with Crippen LogP contribution in [0, 0.1) is 5.82 Å². The van der Waals surface area contributed by atoms with Gasteiger partial charge < -0.3 is 14.4 Å². The van der Waals surface area contributed by atoms with Gasteiger partial charge in [-0.25, -0.2) is 9.37 Å². The zero-order valence-electron chi connectivity index (χ0n) is 12.3. The lowest BCUT2D eigenvalue weighted by atomic mass is 10.1. The van der Waals surface area contributed by atoms with Crippen molar-refractivity contribution >= 4 is 0 Å². The largest absolute Gasteiger partial charge is 0.481 e. The molecule has 3 rings (SSSR count). The Labute approximate surface area is 131 Å². The van der Waals surface area contributed by atoms with Gasteiger partial charge in [-0.05, 0) is 23.8 Å². The Balaban J connectivity index is 1.76. The van der Waals surface area contributed by atoms with Crippen LogP contribution in [0.25, 0.3) is 11.4 Å². The Morgan fingerprint density at radius 3 is 2.96 bits per heavy atom. The molecular weight excluding hydrogens is 301 g/mol. The third-order valence-electron chi connectivity index (χ3n) is 3.27. The summed E-state index contributed by atoms with van der Waals surface area (Å²) in [5.74, 6) is 0.657. The minimum Gasteiger partial charge on any atom is -0.481 e. The number of aliphatic hydroxyl groups excluding tert-OH is 1. The summed E-state index contributed by atoms with van der Waals surface area (Å²) >= 11 is 0. The molecule has 2 heterocycles. The van der Waals surface area contributed by atoms with Crippen LogP contribution in [0.3, 0.4) is 0 Å². The van der Waals surface area contributed by atoms with E-state index in [2.05, 4.69) is 15.1 Å². The van der Waals surface area contributed by atoms with E-state index in [4.69, 9.17) is 9.26 Å². The quantitative estimate of drug-likeness (QED) is 0.779. The summed E-state index contributed by atoms with van der Waals surface area (Å²) in [4.78, 5) is 8.23. The number of halogens is 1. The van der Waals surface area contributed by atoms with Crippen molar-refractivity contribution in [3.63, 3.8) is 0 Å². The molecule has 1 atom stereocenters. The van der Waals surface area contributed by atoms with E-state index in [1.54, 1.807) is 24.4 Å². The lowest BCUT2D eigenvalue weighted by molar-refractivity contribution is 0.164. The van der Waals surface area contributed by atoms with E-state index >= 15 is 0 Å². The molecule has 3 aromatic rings. The average Bonchev–Trinajstić information content (AvgIpc) is 3.03. The highest BCUT2D eigenvalue weighted by atomic mass is 19.1. The number of nitrogens with zero attached hydrogens (tertiary/aromatic N) is 3. The predicted octanol–water partition coefficient (Wildman–Crippen LogP) is 2.56. The van der Waals surface area contributed by atoms with Crippen molar-refractivity contribution in [3.05, 3.63) is 59.9 Å². The smallest absolute Gasteiger partial charge is 0.229 e. The van der Waals surface area contributed by atoms with Gasteiger partial charge in [0.2, 0.25) is 17.6 Å². The van der Waals surface area contributed by atoms with Crippen LogP contribution >= 0.6 is 0 Å². The molecule has 0 saturated carbocycles. The van der Waals surface area contributed by atoms with Crippen molar-refractivity contribution < 1.29 is 18.8 Å². The van der Waals surface area contributed by atoms with Crippen molar-refractivity contribution in [3.8, 4) is 17.3 Å². The zero-order valence-corrected chi connectivity index (χ0v) is 12.3. The van der Waals surface area contributed by atoms with Gasteiger partial charge in [0.15, 0.2) is 0 Å².